The molecule has 0 radical (unpaired) electrons. The Kier molecular flexibility index (Phi) is 3.33. The van der Waals surface area contributed by atoms with Crippen LogP contribution >= 0.6 is 0 Å². The van der Waals surface area contributed by atoms with E-state index in [4.69, 9.17) is 10.5 Å². The first kappa shape index (κ1) is 10.6. The Bertz CT molecular complexity index is 312. The Morgan fingerprint density at radius 1 is 1.60 bits per heavy atom. The van der Waals surface area contributed by atoms with Gasteiger partial charge in [-0.15, -0.1) is 10.2 Å². The summed E-state index contributed by atoms with van der Waals surface area (Å²) in [5.74, 6) is 1.40. The molecule has 5 nitrogen and oxygen atoms in total. The molecule has 84 valence electrons. The lowest BCUT2D eigenvalue weighted by Gasteiger charge is -2.15. The average molecular weight is 210 g/mol. The molecule has 5 heteroatoms. The van der Waals surface area contributed by atoms with Gasteiger partial charge in [0, 0.05) is 25.6 Å². The predicted octanol–water partition coefficient (Wildman–Crippen LogP) is 0.519. The monoisotopic (exact) mass is 210 g/mol. The van der Waals surface area contributed by atoms with E-state index in [-0.39, 0.29) is 6.04 Å². The molecule has 0 saturated heterocycles. The molecule has 1 aromatic rings. The van der Waals surface area contributed by atoms with Gasteiger partial charge in [-0.2, -0.15) is 0 Å². The molecule has 1 heterocycles. The highest BCUT2D eigenvalue weighted by atomic mass is 16.5. The smallest absolute Gasteiger partial charge is 0.137 e. The van der Waals surface area contributed by atoms with Gasteiger partial charge in [0.1, 0.15) is 12.2 Å². The minimum atomic E-state index is 0.246. The van der Waals surface area contributed by atoms with Gasteiger partial charge >= 0.3 is 0 Å². The van der Waals surface area contributed by atoms with Crippen LogP contribution in [0.3, 0.4) is 0 Å². The van der Waals surface area contributed by atoms with Crippen molar-refractivity contribution in [2.24, 2.45) is 5.73 Å². The number of methoxy groups -OCH3 is 1. The molecule has 2 unspecified atom stereocenters. The number of ether oxygens (including phenoxy) is 1. The Morgan fingerprint density at radius 3 is 3.13 bits per heavy atom. The molecule has 2 N–H and O–H groups in total. The van der Waals surface area contributed by atoms with Crippen LogP contribution in [0.2, 0.25) is 0 Å². The third-order valence-corrected chi connectivity index (χ3v) is 3.08. The van der Waals surface area contributed by atoms with Gasteiger partial charge in [-0.1, -0.05) is 6.42 Å². The third-order valence-electron chi connectivity index (χ3n) is 3.08. The molecule has 0 amide bonds. The summed E-state index contributed by atoms with van der Waals surface area (Å²) in [6, 6.07) is 0.246. The van der Waals surface area contributed by atoms with Crippen molar-refractivity contribution in [3.63, 3.8) is 0 Å². The Morgan fingerprint density at radius 2 is 2.47 bits per heavy atom. The van der Waals surface area contributed by atoms with E-state index in [0.717, 1.165) is 25.2 Å². The zero-order valence-electron chi connectivity index (χ0n) is 9.09. The summed E-state index contributed by atoms with van der Waals surface area (Å²) in [5.41, 5.74) is 6.06. The van der Waals surface area contributed by atoms with Gasteiger partial charge in [-0.05, 0) is 12.8 Å². The topological polar surface area (TPSA) is 66.0 Å². The first-order valence-corrected chi connectivity index (χ1v) is 5.45. The molecule has 0 aromatic carbocycles. The molecule has 1 aliphatic rings. The van der Waals surface area contributed by atoms with Crippen molar-refractivity contribution in [3.05, 3.63) is 12.2 Å². The summed E-state index contributed by atoms with van der Waals surface area (Å²) in [7, 11) is 1.70. The summed E-state index contributed by atoms with van der Waals surface area (Å²) in [6.45, 7) is 1.50. The summed E-state index contributed by atoms with van der Waals surface area (Å²) in [5, 5.41) is 8.13. The van der Waals surface area contributed by atoms with E-state index in [1.54, 1.807) is 13.4 Å². The zero-order valence-corrected chi connectivity index (χ0v) is 9.09. The van der Waals surface area contributed by atoms with Gasteiger partial charge in [0.15, 0.2) is 0 Å². The number of nitrogens with zero attached hydrogens (tertiary/aromatic N) is 3. The van der Waals surface area contributed by atoms with Gasteiger partial charge in [-0.25, -0.2) is 0 Å². The van der Waals surface area contributed by atoms with Crippen LogP contribution in [0.1, 0.15) is 31.0 Å². The van der Waals surface area contributed by atoms with Crippen LogP contribution in [0.15, 0.2) is 6.33 Å². The molecule has 1 saturated carbocycles. The fourth-order valence-electron chi connectivity index (χ4n) is 2.22. The normalized spacial score (nSPS) is 26.0. The molecule has 2 atom stereocenters. The summed E-state index contributed by atoms with van der Waals surface area (Å²) < 4.78 is 7.11. The quantitative estimate of drug-likeness (QED) is 0.786. The highest BCUT2D eigenvalue weighted by molar-refractivity contribution is 5.04. The molecule has 15 heavy (non-hydrogen) atoms. The SMILES string of the molecule is COCCn1cnnc1C1CCCC1N. The molecule has 2 rings (SSSR count). The Labute approximate surface area is 89.6 Å². The second kappa shape index (κ2) is 4.72. The highest BCUT2D eigenvalue weighted by Crippen LogP contribution is 2.31. The fourth-order valence-corrected chi connectivity index (χ4v) is 2.22. The maximum Gasteiger partial charge on any atom is 0.137 e. The van der Waals surface area contributed by atoms with Crippen molar-refractivity contribution in [2.45, 2.75) is 37.8 Å². The summed E-state index contributed by atoms with van der Waals surface area (Å²) in [6.07, 6.45) is 5.19. The second-order valence-corrected chi connectivity index (χ2v) is 4.08. The van der Waals surface area contributed by atoms with E-state index in [1.165, 1.54) is 6.42 Å². The van der Waals surface area contributed by atoms with Crippen molar-refractivity contribution in [1.82, 2.24) is 14.8 Å². The van der Waals surface area contributed by atoms with Crippen molar-refractivity contribution in [1.29, 1.82) is 0 Å². The van der Waals surface area contributed by atoms with Crippen LogP contribution < -0.4 is 5.73 Å². The van der Waals surface area contributed by atoms with E-state index < -0.39 is 0 Å². The number of aromatic nitrogens is 3. The van der Waals surface area contributed by atoms with E-state index in [2.05, 4.69) is 14.8 Å². The molecule has 0 aliphatic heterocycles. The molecule has 1 aliphatic carbocycles. The van der Waals surface area contributed by atoms with Crippen molar-refractivity contribution >= 4 is 0 Å². The minimum Gasteiger partial charge on any atom is -0.383 e. The zero-order chi connectivity index (χ0) is 10.7. The maximum atomic E-state index is 6.06. The number of nitrogens with two attached hydrogens (primary N) is 1. The van der Waals surface area contributed by atoms with E-state index in [0.29, 0.717) is 12.5 Å². The predicted molar refractivity (Wildman–Crippen MR) is 56.5 cm³/mol. The molecular weight excluding hydrogens is 192 g/mol. The molecule has 0 bridgehead atoms. The van der Waals surface area contributed by atoms with E-state index in [9.17, 15) is 0 Å². The Balaban J connectivity index is 2.09. The highest BCUT2D eigenvalue weighted by Gasteiger charge is 2.29. The van der Waals surface area contributed by atoms with Gasteiger partial charge in [-0.3, -0.25) is 0 Å². The fraction of sp³-hybridized carbons (Fsp3) is 0.800. The standard InChI is InChI=1S/C10H18N4O/c1-15-6-5-14-7-12-13-10(14)8-3-2-4-9(8)11/h7-9H,2-6,11H2,1H3. The van der Waals surface area contributed by atoms with Crippen LogP contribution in [-0.2, 0) is 11.3 Å². The van der Waals surface area contributed by atoms with E-state index >= 15 is 0 Å². The average Bonchev–Trinajstić information content (AvgIpc) is 2.82. The van der Waals surface area contributed by atoms with Crippen molar-refractivity contribution < 1.29 is 4.74 Å². The largest absolute Gasteiger partial charge is 0.383 e. The third kappa shape index (κ3) is 2.18. The van der Waals surface area contributed by atoms with Gasteiger partial charge in [0.05, 0.1) is 6.61 Å². The first-order valence-electron chi connectivity index (χ1n) is 5.45. The number of hydrogen-bond donors (Lipinski definition) is 1. The lowest BCUT2D eigenvalue weighted by atomic mass is 10.0. The van der Waals surface area contributed by atoms with Gasteiger partial charge in [0.25, 0.3) is 0 Å². The van der Waals surface area contributed by atoms with Gasteiger partial charge < -0.3 is 15.0 Å². The van der Waals surface area contributed by atoms with Crippen LogP contribution in [0.4, 0.5) is 0 Å². The van der Waals surface area contributed by atoms with Crippen LogP contribution in [0, 0.1) is 0 Å². The molecule has 0 spiro atoms. The van der Waals surface area contributed by atoms with Crippen LogP contribution in [-0.4, -0.2) is 34.5 Å². The number of hydrogen-bond acceptors (Lipinski definition) is 4. The summed E-state index contributed by atoms with van der Waals surface area (Å²) >= 11 is 0. The maximum absolute atomic E-state index is 6.06. The second-order valence-electron chi connectivity index (χ2n) is 4.08. The lowest BCUT2D eigenvalue weighted by Crippen LogP contribution is -2.25. The molecular formula is C10H18N4O. The minimum absolute atomic E-state index is 0.246. The van der Waals surface area contributed by atoms with Crippen molar-refractivity contribution in [3.8, 4) is 0 Å². The molecule has 1 aromatic heterocycles. The van der Waals surface area contributed by atoms with E-state index in [1.807, 2.05) is 0 Å². The first-order chi connectivity index (χ1) is 7.33. The Hall–Kier alpha value is -0.940. The van der Waals surface area contributed by atoms with Crippen LogP contribution in [0.5, 0.6) is 0 Å². The van der Waals surface area contributed by atoms with Gasteiger partial charge in [0.2, 0.25) is 0 Å². The molecule has 1 fully saturated rings. The lowest BCUT2D eigenvalue weighted by molar-refractivity contribution is 0.185. The van der Waals surface area contributed by atoms with Crippen LogP contribution in [0.25, 0.3) is 0 Å². The number of rotatable bonds is 4. The van der Waals surface area contributed by atoms with Crippen molar-refractivity contribution in [2.75, 3.05) is 13.7 Å². The summed E-state index contributed by atoms with van der Waals surface area (Å²) in [4.78, 5) is 0.